The molecule has 0 aliphatic heterocycles. The lowest BCUT2D eigenvalue weighted by Gasteiger charge is -2.17. The van der Waals surface area contributed by atoms with E-state index in [0.29, 0.717) is 0 Å². The van der Waals surface area contributed by atoms with Gasteiger partial charge in [0.2, 0.25) is 0 Å². The van der Waals surface area contributed by atoms with Gasteiger partial charge in [-0.05, 0) is 31.2 Å². The van der Waals surface area contributed by atoms with Gasteiger partial charge in [0.25, 0.3) is 5.69 Å². The third-order valence-electron chi connectivity index (χ3n) is 3.01. The summed E-state index contributed by atoms with van der Waals surface area (Å²) in [4.78, 5) is 10.2. The van der Waals surface area contributed by atoms with Crippen molar-refractivity contribution in [2.24, 2.45) is 0 Å². The normalized spacial score (nSPS) is 12.0. The van der Waals surface area contributed by atoms with E-state index in [2.05, 4.69) is 5.32 Å². The quantitative estimate of drug-likeness (QED) is 0.665. The van der Waals surface area contributed by atoms with Gasteiger partial charge in [0, 0.05) is 11.6 Å². The standard InChI is InChI=1S/C14H12F2N2O3/c1-8(10-7-9(15)5-6-13(10)19)17-14-11(16)3-2-4-12(14)18(20)21/h2-8,17,19H,1H3. The van der Waals surface area contributed by atoms with Crippen molar-refractivity contribution in [3.63, 3.8) is 0 Å². The van der Waals surface area contributed by atoms with E-state index in [1.807, 2.05) is 0 Å². The number of nitro groups is 1. The Hall–Kier alpha value is -2.70. The second-order valence-electron chi connectivity index (χ2n) is 4.46. The van der Waals surface area contributed by atoms with Crippen LogP contribution >= 0.6 is 0 Å². The number of phenols is 1. The fourth-order valence-electron chi connectivity index (χ4n) is 1.97. The maximum absolute atomic E-state index is 13.8. The zero-order valence-corrected chi connectivity index (χ0v) is 11.0. The maximum Gasteiger partial charge on any atom is 0.295 e. The molecule has 0 saturated carbocycles. The Bertz CT molecular complexity index is 692. The van der Waals surface area contributed by atoms with Crippen molar-refractivity contribution in [2.75, 3.05) is 5.32 Å². The number of rotatable bonds is 4. The Kier molecular flexibility index (Phi) is 4.02. The van der Waals surface area contributed by atoms with E-state index in [1.54, 1.807) is 0 Å². The third-order valence-corrected chi connectivity index (χ3v) is 3.01. The molecule has 110 valence electrons. The molecule has 0 amide bonds. The molecular weight excluding hydrogens is 282 g/mol. The molecule has 0 aliphatic rings. The Balaban J connectivity index is 2.38. The smallest absolute Gasteiger partial charge is 0.295 e. The molecule has 7 heteroatoms. The summed E-state index contributed by atoms with van der Waals surface area (Å²) in [5, 5.41) is 23.2. The molecule has 0 radical (unpaired) electrons. The van der Waals surface area contributed by atoms with Gasteiger partial charge in [-0.25, -0.2) is 8.78 Å². The third kappa shape index (κ3) is 3.07. The monoisotopic (exact) mass is 294 g/mol. The van der Waals surface area contributed by atoms with Gasteiger partial charge in [-0.1, -0.05) is 6.07 Å². The molecule has 1 atom stereocenters. The average molecular weight is 294 g/mol. The number of nitro benzene ring substituents is 1. The zero-order valence-electron chi connectivity index (χ0n) is 11.0. The van der Waals surface area contributed by atoms with Crippen LogP contribution in [0.4, 0.5) is 20.2 Å². The number of hydrogen-bond acceptors (Lipinski definition) is 4. The highest BCUT2D eigenvalue weighted by molar-refractivity contribution is 5.63. The number of phenolic OH excluding ortho intramolecular Hbond substituents is 1. The molecular formula is C14H12F2N2O3. The summed E-state index contributed by atoms with van der Waals surface area (Å²) >= 11 is 0. The van der Waals surface area contributed by atoms with Gasteiger partial charge in [0.1, 0.15) is 17.3 Å². The molecule has 0 spiro atoms. The first-order valence-corrected chi connectivity index (χ1v) is 6.08. The van der Waals surface area contributed by atoms with Crippen LogP contribution in [-0.2, 0) is 0 Å². The van der Waals surface area contributed by atoms with Gasteiger partial charge in [-0.15, -0.1) is 0 Å². The molecule has 0 saturated heterocycles. The first kappa shape index (κ1) is 14.7. The second kappa shape index (κ2) is 5.74. The van der Waals surface area contributed by atoms with Crippen LogP contribution in [-0.4, -0.2) is 10.0 Å². The number of nitrogens with zero attached hydrogens (tertiary/aromatic N) is 1. The minimum Gasteiger partial charge on any atom is -0.508 e. The second-order valence-corrected chi connectivity index (χ2v) is 4.46. The van der Waals surface area contributed by atoms with Gasteiger partial charge < -0.3 is 10.4 Å². The van der Waals surface area contributed by atoms with Gasteiger partial charge in [0.05, 0.1) is 11.0 Å². The van der Waals surface area contributed by atoms with Crippen molar-refractivity contribution < 1.29 is 18.8 Å². The molecule has 2 N–H and O–H groups in total. The van der Waals surface area contributed by atoms with Crippen molar-refractivity contribution >= 4 is 11.4 Å². The predicted molar refractivity (Wildman–Crippen MR) is 73.2 cm³/mol. The first-order valence-electron chi connectivity index (χ1n) is 6.08. The average Bonchev–Trinajstić information content (AvgIpc) is 2.43. The largest absolute Gasteiger partial charge is 0.508 e. The van der Waals surface area contributed by atoms with E-state index in [4.69, 9.17) is 0 Å². The van der Waals surface area contributed by atoms with Crippen LogP contribution < -0.4 is 5.32 Å². The van der Waals surface area contributed by atoms with Crippen molar-refractivity contribution in [1.82, 2.24) is 0 Å². The molecule has 5 nitrogen and oxygen atoms in total. The number of para-hydroxylation sites is 1. The van der Waals surface area contributed by atoms with Crippen LogP contribution in [0.3, 0.4) is 0 Å². The van der Waals surface area contributed by atoms with E-state index in [-0.39, 0.29) is 17.0 Å². The summed E-state index contributed by atoms with van der Waals surface area (Å²) in [6.45, 7) is 1.53. The number of hydrogen-bond donors (Lipinski definition) is 2. The number of halogens is 2. The van der Waals surface area contributed by atoms with Crippen LogP contribution in [0.5, 0.6) is 5.75 Å². The molecule has 1 unspecified atom stereocenters. The van der Waals surface area contributed by atoms with E-state index < -0.39 is 28.3 Å². The van der Waals surface area contributed by atoms with E-state index in [0.717, 1.165) is 24.3 Å². The molecule has 0 heterocycles. The molecule has 0 bridgehead atoms. The van der Waals surface area contributed by atoms with Gasteiger partial charge in [-0.3, -0.25) is 10.1 Å². The van der Waals surface area contributed by atoms with Gasteiger partial charge >= 0.3 is 0 Å². The first-order chi connectivity index (χ1) is 9.90. The minimum atomic E-state index is -0.799. The summed E-state index contributed by atoms with van der Waals surface area (Å²) in [6.07, 6.45) is 0. The highest BCUT2D eigenvalue weighted by Gasteiger charge is 2.21. The minimum absolute atomic E-state index is 0.174. The molecule has 0 aromatic heterocycles. The number of aromatic hydroxyl groups is 1. The fourth-order valence-corrected chi connectivity index (χ4v) is 1.97. The van der Waals surface area contributed by atoms with Gasteiger partial charge in [-0.2, -0.15) is 0 Å². The molecule has 2 aromatic carbocycles. The summed E-state index contributed by atoms with van der Waals surface area (Å²) in [5.41, 5.74) is -0.566. The molecule has 21 heavy (non-hydrogen) atoms. The summed E-state index contributed by atoms with van der Waals surface area (Å²) in [6, 6.07) is 6.06. The van der Waals surface area contributed by atoms with Crippen LogP contribution in [0, 0.1) is 21.7 Å². The van der Waals surface area contributed by atoms with E-state index >= 15 is 0 Å². The van der Waals surface area contributed by atoms with Crippen LogP contribution in [0.15, 0.2) is 36.4 Å². The summed E-state index contributed by atoms with van der Waals surface area (Å²) in [7, 11) is 0. The lowest BCUT2D eigenvalue weighted by Crippen LogP contribution is -2.10. The Morgan fingerprint density at radius 1 is 1.29 bits per heavy atom. The highest BCUT2D eigenvalue weighted by Crippen LogP contribution is 2.33. The lowest BCUT2D eigenvalue weighted by molar-refractivity contribution is -0.384. The van der Waals surface area contributed by atoms with Gasteiger partial charge in [0.15, 0.2) is 5.82 Å². The zero-order chi connectivity index (χ0) is 15.6. The highest BCUT2D eigenvalue weighted by atomic mass is 19.1. The van der Waals surface area contributed by atoms with Crippen LogP contribution in [0.2, 0.25) is 0 Å². The topological polar surface area (TPSA) is 75.4 Å². The molecule has 2 rings (SSSR count). The Labute approximate surface area is 119 Å². The fraction of sp³-hybridized carbons (Fsp3) is 0.143. The maximum atomic E-state index is 13.8. The molecule has 0 aliphatic carbocycles. The van der Waals surface area contributed by atoms with Crippen molar-refractivity contribution in [1.29, 1.82) is 0 Å². The van der Waals surface area contributed by atoms with Crippen molar-refractivity contribution in [2.45, 2.75) is 13.0 Å². The van der Waals surface area contributed by atoms with Crippen molar-refractivity contribution in [3.05, 3.63) is 63.7 Å². The molecule has 0 fully saturated rings. The molecule has 2 aromatic rings. The lowest BCUT2D eigenvalue weighted by atomic mass is 10.1. The Morgan fingerprint density at radius 2 is 2.00 bits per heavy atom. The SMILES string of the molecule is CC(Nc1c(F)cccc1[N+](=O)[O-])c1cc(F)ccc1O. The number of nitrogens with one attached hydrogen (secondary N) is 1. The van der Waals surface area contributed by atoms with Crippen molar-refractivity contribution in [3.8, 4) is 5.75 Å². The van der Waals surface area contributed by atoms with Crippen LogP contribution in [0.25, 0.3) is 0 Å². The summed E-state index contributed by atoms with van der Waals surface area (Å²) in [5.74, 6) is -1.55. The number of anilines is 1. The Morgan fingerprint density at radius 3 is 2.67 bits per heavy atom. The number of benzene rings is 2. The predicted octanol–water partition coefficient (Wildman–Crippen LogP) is 3.75. The van der Waals surface area contributed by atoms with E-state index in [9.17, 15) is 24.0 Å². The van der Waals surface area contributed by atoms with Crippen LogP contribution in [0.1, 0.15) is 18.5 Å². The summed E-state index contributed by atoms with van der Waals surface area (Å²) < 4.78 is 27.0. The van der Waals surface area contributed by atoms with E-state index in [1.165, 1.54) is 19.1 Å².